The van der Waals surface area contributed by atoms with Crippen LogP contribution in [0, 0.1) is 0 Å². The van der Waals surface area contributed by atoms with Crippen molar-refractivity contribution in [1.82, 2.24) is 9.80 Å². The zero-order valence-electron chi connectivity index (χ0n) is 22.1. The molecule has 0 radical (unpaired) electrons. The summed E-state index contributed by atoms with van der Waals surface area (Å²) in [5.74, 6) is 0.0777. The molecule has 0 aliphatic carbocycles. The molecular weight excluding hydrogens is 468 g/mol. The van der Waals surface area contributed by atoms with E-state index in [0.717, 1.165) is 28.7 Å². The first-order valence-corrected chi connectivity index (χ1v) is 12.8. The molecule has 1 amide bonds. The van der Waals surface area contributed by atoms with E-state index in [4.69, 9.17) is 10.5 Å². The summed E-state index contributed by atoms with van der Waals surface area (Å²) < 4.78 is 5.28. The van der Waals surface area contributed by atoms with E-state index in [2.05, 4.69) is 4.99 Å². The first kappa shape index (κ1) is 28.1. The molecule has 2 aromatic rings. The number of nitrogens with two attached hydrogens (primary N) is 1. The highest BCUT2D eigenvalue weighted by Gasteiger charge is 2.21. The number of nitrogens with zero attached hydrogens (tertiary/aromatic N) is 3. The molecule has 8 nitrogen and oxygen atoms in total. The number of amides is 1. The van der Waals surface area contributed by atoms with Crippen LogP contribution >= 0.6 is 0 Å². The lowest BCUT2D eigenvalue weighted by molar-refractivity contribution is -0.143. The first-order valence-electron chi connectivity index (χ1n) is 12.8. The van der Waals surface area contributed by atoms with E-state index in [1.165, 1.54) is 0 Å². The van der Waals surface area contributed by atoms with Crippen molar-refractivity contribution in [3.8, 4) is 11.1 Å². The minimum absolute atomic E-state index is 0.0452. The van der Waals surface area contributed by atoms with Gasteiger partial charge in [-0.3, -0.25) is 9.59 Å². The molecule has 2 aromatic carbocycles. The monoisotopic (exact) mass is 506 g/mol. The molecule has 3 N–H and O–H groups in total. The molecular formula is C29H38N4O4. The molecule has 0 saturated carbocycles. The molecule has 1 heterocycles. The summed E-state index contributed by atoms with van der Waals surface area (Å²) >= 11 is 0. The van der Waals surface area contributed by atoms with Crippen LogP contribution in [0.2, 0.25) is 0 Å². The molecule has 3 rings (SSSR count). The number of carbonyl (C=O) groups excluding carboxylic acids is 2. The maximum atomic E-state index is 13.2. The number of esters is 1. The SMILES string of the molecule is CCCN(CCCO)C(=O)C1=Cc2ccc(-c3ccc(CC(=O)OCCN(C)C)cc3)cc2N=C(N)C1. The fraction of sp³-hybridized carbons (Fsp3) is 0.414. The number of carbonyl (C=O) groups is 2. The van der Waals surface area contributed by atoms with Gasteiger partial charge in [-0.25, -0.2) is 4.99 Å². The zero-order chi connectivity index (χ0) is 26.8. The lowest BCUT2D eigenvalue weighted by atomic mass is 9.99. The second-order valence-corrected chi connectivity index (χ2v) is 9.49. The Balaban J connectivity index is 1.75. The Morgan fingerprint density at radius 3 is 2.46 bits per heavy atom. The summed E-state index contributed by atoms with van der Waals surface area (Å²) in [6, 6.07) is 13.7. The van der Waals surface area contributed by atoms with Crippen LogP contribution in [0.1, 0.15) is 37.3 Å². The molecule has 0 bridgehead atoms. The lowest BCUT2D eigenvalue weighted by Crippen LogP contribution is -2.35. The molecule has 0 atom stereocenters. The topological polar surface area (TPSA) is 108 Å². The quantitative estimate of drug-likeness (QED) is 0.427. The van der Waals surface area contributed by atoms with Crippen LogP contribution in [-0.4, -0.2) is 79.6 Å². The van der Waals surface area contributed by atoms with Crippen LogP contribution in [0.15, 0.2) is 53.0 Å². The van der Waals surface area contributed by atoms with Gasteiger partial charge in [-0.2, -0.15) is 0 Å². The first-order chi connectivity index (χ1) is 17.8. The average Bonchev–Trinajstić information content (AvgIpc) is 3.03. The predicted octanol–water partition coefficient (Wildman–Crippen LogP) is 3.40. The van der Waals surface area contributed by atoms with E-state index in [0.29, 0.717) is 49.8 Å². The third kappa shape index (κ3) is 8.27. The van der Waals surface area contributed by atoms with Crippen LogP contribution in [0.25, 0.3) is 17.2 Å². The molecule has 0 spiro atoms. The summed E-state index contributed by atoms with van der Waals surface area (Å²) in [5.41, 5.74) is 11.2. The number of hydrogen-bond donors (Lipinski definition) is 2. The van der Waals surface area contributed by atoms with Crippen molar-refractivity contribution in [1.29, 1.82) is 0 Å². The Hall–Kier alpha value is -3.49. The van der Waals surface area contributed by atoms with Gasteiger partial charge in [0, 0.05) is 43.8 Å². The van der Waals surface area contributed by atoms with Crippen molar-refractivity contribution in [2.75, 3.05) is 46.9 Å². The second-order valence-electron chi connectivity index (χ2n) is 9.49. The molecule has 37 heavy (non-hydrogen) atoms. The lowest BCUT2D eigenvalue weighted by Gasteiger charge is -2.23. The molecule has 0 aromatic heterocycles. The van der Waals surface area contributed by atoms with Gasteiger partial charge >= 0.3 is 5.97 Å². The highest BCUT2D eigenvalue weighted by atomic mass is 16.5. The largest absolute Gasteiger partial charge is 0.464 e. The van der Waals surface area contributed by atoms with E-state index < -0.39 is 0 Å². The normalized spacial score (nSPS) is 12.9. The van der Waals surface area contributed by atoms with Gasteiger partial charge in [-0.05, 0) is 55.8 Å². The van der Waals surface area contributed by atoms with Gasteiger partial charge in [0.15, 0.2) is 0 Å². The summed E-state index contributed by atoms with van der Waals surface area (Å²) in [6.07, 6.45) is 3.76. The van der Waals surface area contributed by atoms with Gasteiger partial charge in [0.2, 0.25) is 5.91 Å². The van der Waals surface area contributed by atoms with Crippen molar-refractivity contribution >= 4 is 29.5 Å². The average molecular weight is 507 g/mol. The number of aliphatic imine (C=N–C) groups is 1. The fourth-order valence-electron chi connectivity index (χ4n) is 4.13. The Bertz CT molecular complexity index is 1140. The van der Waals surface area contributed by atoms with Gasteiger partial charge < -0.3 is 25.4 Å². The van der Waals surface area contributed by atoms with Crippen LogP contribution < -0.4 is 5.73 Å². The third-order valence-corrected chi connectivity index (χ3v) is 6.07. The van der Waals surface area contributed by atoms with Crippen LogP contribution in [0.3, 0.4) is 0 Å². The Morgan fingerprint density at radius 1 is 1.05 bits per heavy atom. The van der Waals surface area contributed by atoms with Gasteiger partial charge in [0.25, 0.3) is 0 Å². The summed E-state index contributed by atoms with van der Waals surface area (Å²) in [7, 11) is 3.87. The van der Waals surface area contributed by atoms with Gasteiger partial charge in [0.1, 0.15) is 12.4 Å². The van der Waals surface area contributed by atoms with Crippen molar-refractivity contribution in [3.63, 3.8) is 0 Å². The van der Waals surface area contributed by atoms with E-state index in [1.807, 2.05) is 74.5 Å². The number of benzene rings is 2. The van der Waals surface area contributed by atoms with Crippen LogP contribution in [0.5, 0.6) is 0 Å². The van der Waals surface area contributed by atoms with Crippen molar-refractivity contribution in [2.45, 2.75) is 32.6 Å². The number of ether oxygens (including phenoxy) is 1. The number of fused-ring (bicyclic) bond motifs is 1. The summed E-state index contributed by atoms with van der Waals surface area (Å²) in [6.45, 7) is 4.28. The Kier molecular flexibility index (Phi) is 10.4. The van der Waals surface area contributed by atoms with Crippen molar-refractivity contribution in [3.05, 3.63) is 59.2 Å². The minimum atomic E-state index is -0.240. The number of likely N-dealkylation sites (N-methyl/N-ethyl adjacent to an activating group) is 1. The third-order valence-electron chi connectivity index (χ3n) is 6.07. The molecule has 0 saturated heterocycles. The molecule has 8 heteroatoms. The van der Waals surface area contributed by atoms with E-state index in [1.54, 1.807) is 4.90 Å². The van der Waals surface area contributed by atoms with Crippen LogP contribution in [0.4, 0.5) is 5.69 Å². The minimum Gasteiger partial charge on any atom is -0.464 e. The number of amidine groups is 1. The van der Waals surface area contributed by atoms with E-state index >= 15 is 0 Å². The molecule has 1 aliphatic heterocycles. The highest BCUT2D eigenvalue weighted by molar-refractivity contribution is 6.05. The van der Waals surface area contributed by atoms with Crippen molar-refractivity contribution in [2.24, 2.45) is 10.7 Å². The zero-order valence-corrected chi connectivity index (χ0v) is 22.1. The summed E-state index contributed by atoms with van der Waals surface area (Å²) in [4.78, 5) is 33.6. The standard InChI is InChI=1S/C29H38N4O4/c1-4-12-33(13-5-15-34)29(36)25-18-24-11-10-23(19-26(24)31-27(30)20-25)22-8-6-21(7-9-22)17-28(35)37-16-14-32(2)3/h6-11,18-19,34H,4-5,12-17,20H2,1-3H3,(H2,30,31). The Labute approximate surface area is 219 Å². The molecule has 198 valence electrons. The van der Waals surface area contributed by atoms with E-state index in [9.17, 15) is 14.7 Å². The fourth-order valence-corrected chi connectivity index (χ4v) is 4.13. The smallest absolute Gasteiger partial charge is 0.310 e. The molecule has 0 fully saturated rings. The van der Waals surface area contributed by atoms with Crippen molar-refractivity contribution < 1.29 is 19.4 Å². The van der Waals surface area contributed by atoms with Gasteiger partial charge in [0.05, 0.1) is 12.1 Å². The van der Waals surface area contributed by atoms with E-state index in [-0.39, 0.29) is 31.3 Å². The van der Waals surface area contributed by atoms with Gasteiger partial charge in [-0.1, -0.05) is 43.3 Å². The maximum Gasteiger partial charge on any atom is 0.310 e. The number of aliphatic hydroxyl groups is 1. The number of rotatable bonds is 12. The second kappa shape index (κ2) is 13.7. The summed E-state index contributed by atoms with van der Waals surface area (Å²) in [5, 5.41) is 9.20. The van der Waals surface area contributed by atoms with Gasteiger partial charge in [-0.15, -0.1) is 0 Å². The van der Waals surface area contributed by atoms with Crippen LogP contribution in [-0.2, 0) is 20.7 Å². The molecule has 0 unspecified atom stereocenters. The highest BCUT2D eigenvalue weighted by Crippen LogP contribution is 2.32. The number of hydrogen-bond acceptors (Lipinski definition) is 7. The molecule has 1 aliphatic rings. The predicted molar refractivity (Wildman–Crippen MR) is 148 cm³/mol. The number of aliphatic hydroxyl groups excluding tert-OH is 1. The Morgan fingerprint density at radius 2 is 1.78 bits per heavy atom. The maximum absolute atomic E-state index is 13.2.